The largest absolute Gasteiger partial charge is 0.379 e. The lowest BCUT2D eigenvalue weighted by molar-refractivity contribution is 0.0721. The molecule has 0 unspecified atom stereocenters. The molecule has 1 aliphatic carbocycles. The van der Waals surface area contributed by atoms with Gasteiger partial charge in [0.2, 0.25) is 0 Å². The fourth-order valence-corrected chi connectivity index (χ4v) is 7.71. The Morgan fingerprint density at radius 1 is 1.00 bits per heavy atom. The molecule has 192 valence electrons. The van der Waals surface area contributed by atoms with Crippen LogP contribution in [0.4, 0.5) is 0 Å². The van der Waals surface area contributed by atoms with E-state index in [9.17, 15) is 8.42 Å². The van der Waals surface area contributed by atoms with E-state index < -0.39 is 10.2 Å². The summed E-state index contributed by atoms with van der Waals surface area (Å²) in [6, 6.07) is 6.18. The van der Waals surface area contributed by atoms with Gasteiger partial charge in [-0.1, -0.05) is 27.5 Å². The molecule has 4 rings (SSSR count). The molecule has 9 heteroatoms. The lowest BCUT2D eigenvalue weighted by atomic mass is 9.83. The quantitative estimate of drug-likeness (QED) is 0.456. The van der Waals surface area contributed by atoms with Crippen molar-refractivity contribution in [3.05, 3.63) is 33.3 Å². The Morgan fingerprint density at radius 2 is 1.71 bits per heavy atom. The number of piperidine rings is 1. The van der Waals surface area contributed by atoms with Crippen molar-refractivity contribution >= 4 is 37.7 Å². The van der Waals surface area contributed by atoms with Crippen molar-refractivity contribution in [1.29, 1.82) is 0 Å². The molecule has 2 aliphatic heterocycles. The average molecular weight is 577 g/mol. The van der Waals surface area contributed by atoms with Crippen molar-refractivity contribution in [3.8, 4) is 0 Å². The van der Waals surface area contributed by atoms with Crippen LogP contribution in [0.15, 0.2) is 22.7 Å². The van der Waals surface area contributed by atoms with Crippen LogP contribution >= 0.6 is 27.5 Å². The van der Waals surface area contributed by atoms with Gasteiger partial charge in [-0.2, -0.15) is 17.4 Å². The van der Waals surface area contributed by atoms with E-state index in [-0.39, 0.29) is 6.04 Å². The van der Waals surface area contributed by atoms with E-state index in [1.54, 1.807) is 0 Å². The van der Waals surface area contributed by atoms with Crippen molar-refractivity contribution in [1.82, 2.24) is 13.9 Å². The molecule has 0 radical (unpaired) electrons. The Bertz CT molecular complexity index is 881. The van der Waals surface area contributed by atoms with Crippen molar-refractivity contribution < 1.29 is 13.2 Å². The van der Waals surface area contributed by atoms with Gasteiger partial charge in [0.05, 0.1) is 13.2 Å². The molecule has 2 saturated heterocycles. The lowest BCUT2D eigenvalue weighted by Gasteiger charge is -2.34. The molecule has 1 saturated carbocycles. The summed E-state index contributed by atoms with van der Waals surface area (Å²) in [4.78, 5) is 2.63. The molecular weight excluding hydrogens is 538 g/mol. The van der Waals surface area contributed by atoms with E-state index in [1.165, 1.54) is 59.7 Å². The Morgan fingerprint density at radius 3 is 2.41 bits per heavy atom. The van der Waals surface area contributed by atoms with Crippen molar-refractivity contribution in [2.24, 2.45) is 11.8 Å². The molecule has 0 spiro atoms. The minimum atomic E-state index is -3.37. The van der Waals surface area contributed by atoms with Gasteiger partial charge in [-0.3, -0.25) is 0 Å². The minimum absolute atomic E-state index is 0.0858. The van der Waals surface area contributed by atoms with Crippen molar-refractivity contribution in [2.45, 2.75) is 63.8 Å². The fraction of sp³-hybridized carbons (Fsp3) is 0.760. The zero-order valence-corrected chi connectivity index (χ0v) is 23.2. The van der Waals surface area contributed by atoms with Gasteiger partial charge in [0, 0.05) is 28.6 Å². The SMILES string of the molecule is O=S(=O)(NC1CCC(CCCN2CCC(Cc3cc(Cl)ccc3Br)CC2)CC1)N1CCOCC1. The van der Waals surface area contributed by atoms with Crippen LogP contribution in [0.5, 0.6) is 0 Å². The van der Waals surface area contributed by atoms with E-state index in [0.29, 0.717) is 26.3 Å². The highest BCUT2D eigenvalue weighted by atomic mass is 79.9. The second-order valence-electron chi connectivity index (χ2n) is 10.2. The third-order valence-electron chi connectivity index (χ3n) is 7.78. The summed E-state index contributed by atoms with van der Waals surface area (Å²) < 4.78 is 36.1. The predicted octanol–water partition coefficient (Wildman–Crippen LogP) is 4.86. The van der Waals surface area contributed by atoms with Crippen LogP contribution in [0.2, 0.25) is 5.02 Å². The summed E-state index contributed by atoms with van der Waals surface area (Å²) in [5, 5.41) is 0.819. The molecule has 2 heterocycles. The Hall–Kier alpha value is -0.220. The standard InChI is InChI=1S/C25H39BrClN3O3S/c26-25-8-5-23(27)19-22(25)18-21-9-12-29(13-10-21)11-1-2-20-3-6-24(7-4-20)28-34(31,32)30-14-16-33-17-15-30/h5,8,19-21,24,28H,1-4,6-7,9-18H2. The maximum absolute atomic E-state index is 12.6. The van der Waals surface area contributed by atoms with Crippen molar-refractivity contribution in [3.63, 3.8) is 0 Å². The number of halogens is 2. The van der Waals surface area contributed by atoms with Crippen LogP contribution in [-0.2, 0) is 21.4 Å². The number of rotatable bonds is 9. The van der Waals surface area contributed by atoms with Crippen molar-refractivity contribution in [2.75, 3.05) is 45.9 Å². The Kier molecular flexibility index (Phi) is 10.1. The number of nitrogens with zero attached hydrogens (tertiary/aromatic N) is 2. The number of hydrogen-bond acceptors (Lipinski definition) is 4. The van der Waals surface area contributed by atoms with Gasteiger partial charge in [-0.05, 0) is 113 Å². The monoisotopic (exact) mass is 575 g/mol. The van der Waals surface area contributed by atoms with Crippen LogP contribution in [0, 0.1) is 11.8 Å². The Labute approximate surface area is 219 Å². The van der Waals surface area contributed by atoms with E-state index in [1.807, 2.05) is 6.07 Å². The maximum atomic E-state index is 12.6. The highest BCUT2D eigenvalue weighted by molar-refractivity contribution is 9.10. The van der Waals surface area contributed by atoms with Crippen LogP contribution in [0.25, 0.3) is 0 Å². The summed E-state index contributed by atoms with van der Waals surface area (Å²) in [5.74, 6) is 1.48. The fourth-order valence-electron chi connectivity index (χ4n) is 5.67. The van der Waals surface area contributed by atoms with Crippen LogP contribution in [0.1, 0.15) is 56.9 Å². The molecule has 34 heavy (non-hydrogen) atoms. The smallest absolute Gasteiger partial charge is 0.279 e. The van der Waals surface area contributed by atoms with Crippen LogP contribution in [-0.4, -0.2) is 69.6 Å². The molecule has 0 atom stereocenters. The van der Waals surface area contributed by atoms with E-state index >= 15 is 0 Å². The van der Waals surface area contributed by atoms with Gasteiger partial charge in [0.1, 0.15) is 0 Å². The Balaban J connectivity index is 1.09. The average Bonchev–Trinajstić information content (AvgIpc) is 2.84. The van der Waals surface area contributed by atoms with E-state index in [0.717, 1.165) is 49.0 Å². The molecule has 1 aromatic carbocycles. The number of ether oxygens (including phenoxy) is 1. The van der Waals surface area contributed by atoms with Crippen LogP contribution < -0.4 is 4.72 Å². The zero-order chi connectivity index (χ0) is 24.0. The highest BCUT2D eigenvalue weighted by Crippen LogP contribution is 2.30. The molecule has 0 aromatic heterocycles. The van der Waals surface area contributed by atoms with E-state index in [4.69, 9.17) is 16.3 Å². The van der Waals surface area contributed by atoms with Gasteiger partial charge in [-0.15, -0.1) is 0 Å². The third-order valence-corrected chi connectivity index (χ3v) is 10.5. The molecule has 0 amide bonds. The topological polar surface area (TPSA) is 61.9 Å². The lowest BCUT2D eigenvalue weighted by Crippen LogP contribution is -2.50. The molecule has 1 aromatic rings. The first-order valence-electron chi connectivity index (χ1n) is 12.9. The molecule has 3 aliphatic rings. The number of benzene rings is 1. The number of morpholine rings is 1. The molecule has 1 N–H and O–H groups in total. The second-order valence-corrected chi connectivity index (χ2v) is 13.2. The predicted molar refractivity (Wildman–Crippen MR) is 141 cm³/mol. The normalized spacial score (nSPS) is 26.1. The number of nitrogens with one attached hydrogen (secondary N) is 1. The summed E-state index contributed by atoms with van der Waals surface area (Å²) in [6.45, 7) is 5.48. The third kappa shape index (κ3) is 7.89. The molecule has 3 fully saturated rings. The number of likely N-dealkylation sites (tertiary alicyclic amines) is 1. The van der Waals surface area contributed by atoms with Gasteiger partial charge in [0.15, 0.2) is 0 Å². The molecular formula is C25H39BrClN3O3S. The highest BCUT2D eigenvalue weighted by Gasteiger charge is 2.29. The van der Waals surface area contributed by atoms with Gasteiger partial charge in [0.25, 0.3) is 10.2 Å². The number of hydrogen-bond donors (Lipinski definition) is 1. The van der Waals surface area contributed by atoms with Gasteiger partial charge < -0.3 is 9.64 Å². The van der Waals surface area contributed by atoms with Gasteiger partial charge >= 0.3 is 0 Å². The zero-order valence-electron chi connectivity index (χ0n) is 20.1. The minimum Gasteiger partial charge on any atom is -0.379 e. The van der Waals surface area contributed by atoms with Gasteiger partial charge in [-0.25, -0.2) is 0 Å². The molecule has 6 nitrogen and oxygen atoms in total. The second kappa shape index (κ2) is 12.8. The van der Waals surface area contributed by atoms with E-state index in [2.05, 4.69) is 37.7 Å². The summed E-state index contributed by atoms with van der Waals surface area (Å²) in [5.41, 5.74) is 1.33. The first-order chi connectivity index (χ1) is 16.4. The van der Waals surface area contributed by atoms with Crippen LogP contribution in [0.3, 0.4) is 0 Å². The molecule has 0 bridgehead atoms. The first-order valence-corrected chi connectivity index (χ1v) is 15.5. The summed E-state index contributed by atoms with van der Waals surface area (Å²) in [6.07, 6.45) is 10.3. The maximum Gasteiger partial charge on any atom is 0.279 e. The summed E-state index contributed by atoms with van der Waals surface area (Å²) >= 11 is 9.85. The first kappa shape index (κ1) is 26.8. The summed E-state index contributed by atoms with van der Waals surface area (Å²) in [7, 11) is -3.37.